The van der Waals surface area contributed by atoms with Crippen molar-refractivity contribution in [3.8, 4) is 33.8 Å². The lowest BCUT2D eigenvalue weighted by Gasteiger charge is -2.32. The van der Waals surface area contributed by atoms with Crippen LogP contribution in [0.2, 0.25) is 5.02 Å². The summed E-state index contributed by atoms with van der Waals surface area (Å²) in [7, 11) is 1.39. The Labute approximate surface area is 328 Å². The third-order valence-corrected chi connectivity index (χ3v) is 9.67. The van der Waals surface area contributed by atoms with Gasteiger partial charge in [-0.25, -0.2) is 0 Å². The van der Waals surface area contributed by atoms with Gasteiger partial charge in [-0.1, -0.05) is 48.0 Å². The molecule has 4 aromatic rings. The van der Waals surface area contributed by atoms with Crippen molar-refractivity contribution in [3.05, 3.63) is 107 Å². The molecule has 1 aliphatic heterocycles. The van der Waals surface area contributed by atoms with Gasteiger partial charge in [0.15, 0.2) is 0 Å². The Morgan fingerprint density at radius 3 is 2.23 bits per heavy atom. The van der Waals surface area contributed by atoms with Crippen LogP contribution in [-0.2, 0) is 30.4 Å². The molecule has 14 nitrogen and oxygen atoms in total. The number of nitrogens with zero attached hydrogens (tertiary/aromatic N) is 1. The van der Waals surface area contributed by atoms with Crippen molar-refractivity contribution in [2.24, 2.45) is 5.73 Å². The number of unbranched alkanes of at least 4 members (excludes halogenated alkanes) is 1. The number of phenols is 2. The molecule has 5 amide bonds. The molecule has 15 heteroatoms. The quantitative estimate of drug-likeness (QED) is 0.0829. The van der Waals surface area contributed by atoms with E-state index >= 15 is 0 Å². The van der Waals surface area contributed by atoms with Crippen molar-refractivity contribution in [2.45, 2.75) is 43.8 Å². The van der Waals surface area contributed by atoms with E-state index in [2.05, 4.69) is 21.3 Å². The molecule has 4 bridgehead atoms. The SMILES string of the molecule is CN(C(=O)C(CCCCN)NC(=O)c1ccc(-c2ccc(Cl)cc2)cc1)C1C(=O)NCC(=O)NC(C(=O)NCC=O)Cc2ccc(O)c(c2)-c2cc1ccc2O. The van der Waals surface area contributed by atoms with Crippen LogP contribution < -0.4 is 27.0 Å². The molecular formula is C41H43ClN6O8. The average Bonchev–Trinajstić information content (AvgIpc) is 3.19. The van der Waals surface area contributed by atoms with E-state index in [1.165, 1.54) is 37.4 Å². The lowest BCUT2D eigenvalue weighted by Crippen LogP contribution is -2.53. The van der Waals surface area contributed by atoms with Gasteiger partial charge in [0.05, 0.1) is 13.1 Å². The zero-order valence-corrected chi connectivity index (χ0v) is 31.3. The van der Waals surface area contributed by atoms with Gasteiger partial charge < -0.3 is 46.9 Å². The van der Waals surface area contributed by atoms with Gasteiger partial charge in [0.25, 0.3) is 5.91 Å². The second-order valence-electron chi connectivity index (χ2n) is 13.3. The minimum Gasteiger partial charge on any atom is -0.507 e. The summed E-state index contributed by atoms with van der Waals surface area (Å²) >= 11 is 6.02. The zero-order chi connectivity index (χ0) is 40.4. The second-order valence-corrected chi connectivity index (χ2v) is 13.8. The first-order valence-corrected chi connectivity index (χ1v) is 18.3. The van der Waals surface area contributed by atoms with Crippen LogP contribution in [0.5, 0.6) is 11.5 Å². The Kier molecular flexibility index (Phi) is 13.8. The summed E-state index contributed by atoms with van der Waals surface area (Å²) in [6, 6.07) is 19.1. The summed E-state index contributed by atoms with van der Waals surface area (Å²) in [5.41, 5.74) is 8.79. The highest BCUT2D eigenvalue weighted by Crippen LogP contribution is 2.39. The predicted octanol–water partition coefficient (Wildman–Crippen LogP) is 2.98. The van der Waals surface area contributed by atoms with Crippen LogP contribution in [0.4, 0.5) is 0 Å². The van der Waals surface area contributed by atoms with Gasteiger partial charge in [0.1, 0.15) is 35.9 Å². The number of likely N-dealkylation sites (N-methyl/N-ethyl adjacent to an activating group) is 1. The summed E-state index contributed by atoms with van der Waals surface area (Å²) in [4.78, 5) is 80.1. The number of benzene rings is 4. The largest absolute Gasteiger partial charge is 0.507 e. The van der Waals surface area contributed by atoms with Gasteiger partial charge in [-0.15, -0.1) is 0 Å². The van der Waals surface area contributed by atoms with E-state index in [1.54, 1.807) is 42.5 Å². The number of hydrogen-bond acceptors (Lipinski definition) is 9. The number of nitrogens with two attached hydrogens (primary N) is 1. The molecule has 292 valence electrons. The number of aromatic hydroxyl groups is 2. The van der Waals surface area contributed by atoms with Gasteiger partial charge in [-0.05, 0) is 96.6 Å². The van der Waals surface area contributed by atoms with Crippen molar-refractivity contribution < 1.29 is 39.0 Å². The summed E-state index contributed by atoms with van der Waals surface area (Å²) < 4.78 is 0. The minimum absolute atomic E-state index is 0.0538. The Morgan fingerprint density at radius 1 is 0.929 bits per heavy atom. The Bertz CT molecular complexity index is 2090. The maximum atomic E-state index is 14.4. The molecule has 0 fully saturated rings. The lowest BCUT2D eigenvalue weighted by molar-refractivity contribution is -0.141. The molecule has 3 unspecified atom stereocenters. The first-order valence-electron chi connectivity index (χ1n) is 18.0. The topological polar surface area (TPSA) is 220 Å². The van der Waals surface area contributed by atoms with Gasteiger partial charge in [0.2, 0.25) is 23.6 Å². The molecule has 0 saturated carbocycles. The van der Waals surface area contributed by atoms with E-state index in [-0.39, 0.29) is 47.6 Å². The third kappa shape index (κ3) is 10.1. The number of hydrogen-bond donors (Lipinski definition) is 7. The van der Waals surface area contributed by atoms with Gasteiger partial charge in [-0.3, -0.25) is 24.0 Å². The normalized spacial score (nSPS) is 16.0. The fourth-order valence-electron chi connectivity index (χ4n) is 6.46. The average molecular weight is 783 g/mol. The highest BCUT2D eigenvalue weighted by Gasteiger charge is 2.34. The number of rotatable bonds is 12. The number of fused-ring (bicyclic) bond motifs is 5. The van der Waals surface area contributed by atoms with Crippen molar-refractivity contribution in [2.75, 3.05) is 26.7 Å². The molecule has 0 aromatic heterocycles. The standard InChI is InChI=1S/C41H43ClN6O8/c1-48(41(56)32(4-2-3-17-43)47-38(53)27-8-6-25(7-9-27)26-10-13-29(42)14-11-26)37-28-12-16-35(51)31(22-28)30-20-24(5-15-34(30)50)21-33(39(54)44-18-19-49)46-36(52)23-45-40(37)55/h5-16,19-20,22,32-33,37,50-51H,2-4,17-18,21,23,43H2,1H3,(H,44,54)(H,45,55)(H,46,52)(H,47,53). The number of nitrogens with one attached hydrogen (secondary N) is 4. The molecule has 0 spiro atoms. The third-order valence-electron chi connectivity index (χ3n) is 9.42. The molecule has 3 atom stereocenters. The molecule has 5 rings (SSSR count). The van der Waals surface area contributed by atoms with Crippen molar-refractivity contribution >= 4 is 47.4 Å². The molecule has 1 aliphatic rings. The number of carbonyl (C=O) groups excluding carboxylic acids is 6. The molecule has 0 radical (unpaired) electrons. The Morgan fingerprint density at radius 2 is 1.57 bits per heavy atom. The number of amides is 5. The molecule has 56 heavy (non-hydrogen) atoms. The smallest absolute Gasteiger partial charge is 0.251 e. The summed E-state index contributed by atoms with van der Waals surface area (Å²) in [5.74, 6) is -3.79. The van der Waals surface area contributed by atoms with E-state index in [4.69, 9.17) is 17.3 Å². The van der Waals surface area contributed by atoms with Crippen molar-refractivity contribution in [1.29, 1.82) is 0 Å². The maximum absolute atomic E-state index is 14.4. The Balaban J connectivity index is 1.47. The minimum atomic E-state index is -1.40. The highest BCUT2D eigenvalue weighted by molar-refractivity contribution is 6.30. The fourth-order valence-corrected chi connectivity index (χ4v) is 6.58. The van der Waals surface area contributed by atoms with E-state index in [0.29, 0.717) is 41.8 Å². The van der Waals surface area contributed by atoms with Crippen LogP contribution in [0.1, 0.15) is 46.8 Å². The summed E-state index contributed by atoms with van der Waals surface area (Å²) in [6.07, 6.45) is 1.68. The van der Waals surface area contributed by atoms with E-state index in [1.807, 2.05) is 12.1 Å². The first kappa shape index (κ1) is 40.9. The van der Waals surface area contributed by atoms with E-state index < -0.39 is 54.2 Å². The molecule has 4 aromatic carbocycles. The monoisotopic (exact) mass is 782 g/mol. The molecule has 0 aliphatic carbocycles. The Hall–Kier alpha value is -6.25. The van der Waals surface area contributed by atoms with Crippen LogP contribution in [0, 0.1) is 0 Å². The van der Waals surface area contributed by atoms with Crippen molar-refractivity contribution in [3.63, 3.8) is 0 Å². The van der Waals surface area contributed by atoms with Crippen LogP contribution in [0.3, 0.4) is 0 Å². The van der Waals surface area contributed by atoms with Crippen LogP contribution >= 0.6 is 11.6 Å². The summed E-state index contributed by atoms with van der Waals surface area (Å²) in [6.45, 7) is -0.521. The van der Waals surface area contributed by atoms with Crippen LogP contribution in [0.25, 0.3) is 22.3 Å². The van der Waals surface area contributed by atoms with Gasteiger partial charge >= 0.3 is 0 Å². The number of carbonyl (C=O) groups is 6. The van der Waals surface area contributed by atoms with Gasteiger partial charge in [-0.2, -0.15) is 0 Å². The molecular weight excluding hydrogens is 740 g/mol. The number of halogens is 1. The number of aldehydes is 1. The first-order chi connectivity index (χ1) is 26.9. The highest BCUT2D eigenvalue weighted by atomic mass is 35.5. The lowest BCUT2D eigenvalue weighted by atomic mass is 9.93. The predicted molar refractivity (Wildman–Crippen MR) is 209 cm³/mol. The second kappa shape index (κ2) is 18.9. The fraction of sp³-hybridized carbons (Fsp3) is 0.268. The van der Waals surface area contributed by atoms with Crippen molar-refractivity contribution in [1.82, 2.24) is 26.2 Å². The van der Waals surface area contributed by atoms with Crippen LogP contribution in [0.15, 0.2) is 84.9 Å². The maximum Gasteiger partial charge on any atom is 0.251 e. The number of phenolic OH excluding ortho intramolecular Hbond substituents is 2. The molecule has 0 saturated heterocycles. The zero-order valence-electron chi connectivity index (χ0n) is 30.6. The van der Waals surface area contributed by atoms with E-state index in [9.17, 15) is 39.0 Å². The van der Waals surface area contributed by atoms with Crippen LogP contribution in [-0.4, -0.2) is 89.7 Å². The summed E-state index contributed by atoms with van der Waals surface area (Å²) in [5, 5.41) is 32.8. The molecule has 1 heterocycles. The van der Waals surface area contributed by atoms with E-state index in [0.717, 1.165) is 16.0 Å². The van der Waals surface area contributed by atoms with Gasteiger partial charge in [0, 0.05) is 35.2 Å². The molecule has 8 N–H and O–H groups in total.